The molecule has 1 N–H and O–H groups in total. The smallest absolute Gasteiger partial charge is 0.289 e. The van der Waals surface area contributed by atoms with Crippen LogP contribution < -0.4 is 5.32 Å². The van der Waals surface area contributed by atoms with E-state index in [1.807, 2.05) is 28.8 Å². The van der Waals surface area contributed by atoms with Gasteiger partial charge in [-0.2, -0.15) is 0 Å². The molecule has 0 aromatic carbocycles. The van der Waals surface area contributed by atoms with Crippen LogP contribution in [0.2, 0.25) is 0 Å². The van der Waals surface area contributed by atoms with Crippen LogP contribution in [0, 0.1) is 6.92 Å². The summed E-state index contributed by atoms with van der Waals surface area (Å²) in [6, 6.07) is 7.30. The predicted octanol–water partition coefficient (Wildman–Crippen LogP) is 0.998. The van der Waals surface area contributed by atoms with Crippen molar-refractivity contribution in [2.75, 3.05) is 6.54 Å². The van der Waals surface area contributed by atoms with E-state index in [4.69, 9.17) is 4.52 Å². The molecular weight excluding hydrogens is 258 g/mol. The Hall–Kier alpha value is -2.70. The highest BCUT2D eigenvalue weighted by Crippen LogP contribution is 2.04. The second-order valence-corrected chi connectivity index (χ2v) is 4.38. The van der Waals surface area contributed by atoms with Crippen molar-refractivity contribution in [3.8, 4) is 0 Å². The lowest BCUT2D eigenvalue weighted by atomic mass is 10.3. The molecule has 102 valence electrons. The molecule has 3 aromatic rings. The van der Waals surface area contributed by atoms with Gasteiger partial charge >= 0.3 is 0 Å². The monoisotopic (exact) mass is 271 g/mol. The zero-order valence-corrected chi connectivity index (χ0v) is 10.9. The summed E-state index contributed by atoms with van der Waals surface area (Å²) in [6.45, 7) is 2.22. The summed E-state index contributed by atoms with van der Waals surface area (Å²) in [7, 11) is 0. The average Bonchev–Trinajstić information content (AvgIpc) is 3.06. The minimum absolute atomic E-state index is 0.216. The van der Waals surface area contributed by atoms with Crippen LogP contribution in [-0.4, -0.2) is 32.2 Å². The van der Waals surface area contributed by atoms with E-state index in [0.717, 1.165) is 11.5 Å². The lowest BCUT2D eigenvalue weighted by Gasteiger charge is -2.01. The van der Waals surface area contributed by atoms with Crippen molar-refractivity contribution in [2.45, 2.75) is 13.3 Å². The molecule has 0 spiro atoms. The lowest BCUT2D eigenvalue weighted by molar-refractivity contribution is 0.0917. The number of fused-ring (bicyclic) bond motifs is 1. The molecule has 3 rings (SSSR count). The van der Waals surface area contributed by atoms with Crippen LogP contribution in [0.25, 0.3) is 5.65 Å². The molecule has 0 atom stereocenters. The Labute approximate surface area is 114 Å². The van der Waals surface area contributed by atoms with Crippen LogP contribution in [0.4, 0.5) is 0 Å². The van der Waals surface area contributed by atoms with Gasteiger partial charge < -0.3 is 9.84 Å². The number of amides is 1. The van der Waals surface area contributed by atoms with Crippen LogP contribution in [0.5, 0.6) is 0 Å². The van der Waals surface area contributed by atoms with Crippen LogP contribution in [0.1, 0.15) is 22.1 Å². The van der Waals surface area contributed by atoms with E-state index in [1.165, 1.54) is 0 Å². The lowest BCUT2D eigenvalue weighted by Crippen LogP contribution is -2.25. The van der Waals surface area contributed by atoms with Gasteiger partial charge in [-0.1, -0.05) is 11.2 Å². The van der Waals surface area contributed by atoms with E-state index in [-0.39, 0.29) is 11.7 Å². The largest absolute Gasteiger partial charge is 0.351 e. The fourth-order valence-electron chi connectivity index (χ4n) is 1.91. The van der Waals surface area contributed by atoms with Gasteiger partial charge in [0.15, 0.2) is 5.65 Å². The highest BCUT2D eigenvalue weighted by molar-refractivity contribution is 5.91. The van der Waals surface area contributed by atoms with Crippen molar-refractivity contribution in [2.24, 2.45) is 0 Å². The quantitative estimate of drug-likeness (QED) is 0.765. The molecule has 3 heterocycles. The first-order chi connectivity index (χ1) is 9.74. The van der Waals surface area contributed by atoms with Crippen molar-refractivity contribution in [3.63, 3.8) is 0 Å². The molecule has 0 bridgehead atoms. The van der Waals surface area contributed by atoms with Crippen LogP contribution >= 0.6 is 0 Å². The van der Waals surface area contributed by atoms with Crippen molar-refractivity contribution in [3.05, 3.63) is 47.7 Å². The molecule has 0 aliphatic heterocycles. The maximum absolute atomic E-state index is 11.8. The third-order valence-electron chi connectivity index (χ3n) is 2.87. The van der Waals surface area contributed by atoms with E-state index >= 15 is 0 Å². The molecule has 0 saturated carbocycles. The van der Waals surface area contributed by atoms with Gasteiger partial charge in [0.2, 0.25) is 5.76 Å². The van der Waals surface area contributed by atoms with Gasteiger partial charge in [0.1, 0.15) is 5.82 Å². The Morgan fingerprint density at radius 3 is 3.10 bits per heavy atom. The average molecular weight is 271 g/mol. The summed E-state index contributed by atoms with van der Waals surface area (Å²) in [4.78, 5) is 11.8. The first kappa shape index (κ1) is 12.3. The number of hydrogen-bond acceptors (Lipinski definition) is 5. The van der Waals surface area contributed by atoms with E-state index < -0.39 is 0 Å². The highest BCUT2D eigenvalue weighted by Gasteiger charge is 2.11. The van der Waals surface area contributed by atoms with E-state index in [1.54, 1.807) is 13.0 Å². The van der Waals surface area contributed by atoms with Crippen molar-refractivity contribution in [1.29, 1.82) is 0 Å². The number of hydrogen-bond donors (Lipinski definition) is 1. The third kappa shape index (κ3) is 2.37. The van der Waals surface area contributed by atoms with E-state index in [9.17, 15) is 4.79 Å². The molecule has 7 heteroatoms. The maximum Gasteiger partial charge on any atom is 0.289 e. The first-order valence-corrected chi connectivity index (χ1v) is 6.24. The number of rotatable bonds is 4. The van der Waals surface area contributed by atoms with Crippen molar-refractivity contribution < 1.29 is 9.32 Å². The number of nitrogens with one attached hydrogen (secondary N) is 1. The zero-order valence-electron chi connectivity index (χ0n) is 10.9. The van der Waals surface area contributed by atoms with Gasteiger partial charge in [0.25, 0.3) is 5.91 Å². The summed E-state index contributed by atoms with van der Waals surface area (Å²) >= 11 is 0. The van der Waals surface area contributed by atoms with Gasteiger partial charge in [-0.05, 0) is 19.1 Å². The minimum Gasteiger partial charge on any atom is -0.351 e. The molecule has 0 aliphatic carbocycles. The molecule has 0 unspecified atom stereocenters. The van der Waals surface area contributed by atoms with E-state index in [0.29, 0.717) is 18.7 Å². The summed E-state index contributed by atoms with van der Waals surface area (Å²) in [5, 5.41) is 14.6. The minimum atomic E-state index is -0.278. The van der Waals surface area contributed by atoms with Gasteiger partial charge in [-0.25, -0.2) is 0 Å². The fraction of sp³-hybridized carbons (Fsp3) is 0.231. The normalized spacial score (nSPS) is 10.8. The Morgan fingerprint density at radius 2 is 2.30 bits per heavy atom. The molecule has 3 aromatic heterocycles. The van der Waals surface area contributed by atoms with Crippen LogP contribution in [-0.2, 0) is 6.42 Å². The molecule has 0 radical (unpaired) electrons. The molecule has 0 aliphatic rings. The standard InChI is InChI=1S/C13H13N5O2/c1-9-8-10(20-17-9)13(19)14-6-5-12-16-15-11-4-2-3-7-18(11)12/h2-4,7-8H,5-6H2,1H3,(H,14,19). The Bertz CT molecular complexity index is 746. The van der Waals surface area contributed by atoms with Gasteiger partial charge in [0.05, 0.1) is 5.69 Å². The SMILES string of the molecule is Cc1cc(C(=O)NCCc2nnc3ccccn23)on1. The summed E-state index contributed by atoms with van der Waals surface area (Å²) in [5.41, 5.74) is 1.47. The second-order valence-electron chi connectivity index (χ2n) is 4.38. The first-order valence-electron chi connectivity index (χ1n) is 6.24. The number of nitrogens with zero attached hydrogens (tertiary/aromatic N) is 4. The number of aryl methyl sites for hydroxylation is 1. The predicted molar refractivity (Wildman–Crippen MR) is 70.3 cm³/mol. The number of carbonyl (C=O) groups excluding carboxylic acids is 1. The molecule has 7 nitrogen and oxygen atoms in total. The second kappa shape index (κ2) is 5.12. The summed E-state index contributed by atoms with van der Waals surface area (Å²) < 4.78 is 6.78. The van der Waals surface area contributed by atoms with Crippen LogP contribution in [0.3, 0.4) is 0 Å². The fourth-order valence-corrected chi connectivity index (χ4v) is 1.91. The van der Waals surface area contributed by atoms with Gasteiger partial charge in [-0.3, -0.25) is 9.20 Å². The molecule has 0 fully saturated rings. The molecule has 20 heavy (non-hydrogen) atoms. The molecule has 1 amide bonds. The van der Waals surface area contributed by atoms with Crippen molar-refractivity contribution >= 4 is 11.6 Å². The summed E-state index contributed by atoms with van der Waals surface area (Å²) in [6.07, 6.45) is 2.48. The number of pyridine rings is 1. The Kier molecular flexibility index (Phi) is 3.16. The number of aromatic nitrogens is 4. The topological polar surface area (TPSA) is 85.3 Å². The van der Waals surface area contributed by atoms with Crippen molar-refractivity contribution in [1.82, 2.24) is 25.1 Å². The van der Waals surface area contributed by atoms with Crippen LogP contribution in [0.15, 0.2) is 35.0 Å². The molecular formula is C13H13N5O2. The Morgan fingerprint density at radius 1 is 1.40 bits per heavy atom. The Balaban J connectivity index is 1.61. The summed E-state index contributed by atoms with van der Waals surface area (Å²) in [5.74, 6) is 0.739. The highest BCUT2D eigenvalue weighted by atomic mass is 16.5. The molecule has 0 saturated heterocycles. The maximum atomic E-state index is 11.8. The van der Waals surface area contributed by atoms with E-state index in [2.05, 4.69) is 20.7 Å². The third-order valence-corrected chi connectivity index (χ3v) is 2.87. The zero-order chi connectivity index (χ0) is 13.9. The number of carbonyl (C=O) groups is 1. The van der Waals surface area contributed by atoms with Gasteiger partial charge in [-0.15, -0.1) is 10.2 Å². The van der Waals surface area contributed by atoms with Gasteiger partial charge in [0, 0.05) is 25.2 Å².